The molecule has 0 atom stereocenters. The average Bonchev–Trinajstić information content (AvgIpc) is 2.43. The van der Waals surface area contributed by atoms with E-state index in [4.69, 9.17) is 0 Å². The summed E-state index contributed by atoms with van der Waals surface area (Å²) in [6.07, 6.45) is 1.02. The predicted molar refractivity (Wildman–Crippen MR) is 75.0 cm³/mol. The number of phenolic OH excluding ortho intramolecular Hbond substituents is 1. The van der Waals surface area contributed by atoms with Crippen LogP contribution >= 0.6 is 0 Å². The second kappa shape index (κ2) is 6.59. The quantitative estimate of drug-likeness (QED) is 0.861. The zero-order valence-electron chi connectivity index (χ0n) is 10.7. The highest BCUT2D eigenvalue weighted by atomic mass is 16.3. The number of hydrogen-bond donors (Lipinski definition) is 2. The van der Waals surface area contributed by atoms with Crippen molar-refractivity contribution in [3.05, 3.63) is 65.7 Å². The van der Waals surface area contributed by atoms with Crippen molar-refractivity contribution < 1.29 is 9.90 Å². The van der Waals surface area contributed by atoms with E-state index in [-0.39, 0.29) is 18.1 Å². The Balaban J connectivity index is 1.78. The number of nitrogens with one attached hydrogen (secondary N) is 1. The van der Waals surface area contributed by atoms with Crippen LogP contribution in [0.15, 0.2) is 54.6 Å². The molecule has 0 aliphatic heterocycles. The summed E-state index contributed by atoms with van der Waals surface area (Å²) in [6, 6.07) is 16.9. The van der Waals surface area contributed by atoms with Gasteiger partial charge in [0.2, 0.25) is 5.91 Å². The Morgan fingerprint density at radius 2 is 1.68 bits per heavy atom. The fourth-order valence-corrected chi connectivity index (χ4v) is 1.89. The molecule has 0 aromatic heterocycles. The third-order valence-corrected chi connectivity index (χ3v) is 2.92. The average molecular weight is 255 g/mol. The Hall–Kier alpha value is -2.29. The van der Waals surface area contributed by atoms with E-state index in [2.05, 4.69) is 5.32 Å². The van der Waals surface area contributed by atoms with Gasteiger partial charge in [-0.2, -0.15) is 0 Å². The Morgan fingerprint density at radius 3 is 2.42 bits per heavy atom. The van der Waals surface area contributed by atoms with Gasteiger partial charge < -0.3 is 10.4 Å². The van der Waals surface area contributed by atoms with Crippen molar-refractivity contribution in [3.8, 4) is 5.75 Å². The van der Waals surface area contributed by atoms with Gasteiger partial charge in [0.15, 0.2) is 0 Å². The first-order chi connectivity index (χ1) is 9.25. The highest BCUT2D eigenvalue weighted by Gasteiger charge is 2.06. The number of para-hydroxylation sites is 1. The van der Waals surface area contributed by atoms with Crippen LogP contribution in [0.25, 0.3) is 0 Å². The summed E-state index contributed by atoms with van der Waals surface area (Å²) in [5.74, 6) is 0.0955. The zero-order valence-corrected chi connectivity index (χ0v) is 10.7. The van der Waals surface area contributed by atoms with Gasteiger partial charge in [-0.25, -0.2) is 0 Å². The van der Waals surface area contributed by atoms with E-state index in [1.54, 1.807) is 18.2 Å². The van der Waals surface area contributed by atoms with Crippen LogP contribution in [0.1, 0.15) is 11.1 Å². The standard InChI is InChI=1S/C16H17NO2/c18-15-9-5-4-8-14(15)12-16(19)17-11-10-13-6-2-1-3-7-13/h1-9,18H,10-12H2,(H,17,19). The molecule has 2 aromatic rings. The third-order valence-electron chi connectivity index (χ3n) is 2.92. The number of amides is 1. The topological polar surface area (TPSA) is 49.3 Å². The molecule has 19 heavy (non-hydrogen) atoms. The minimum atomic E-state index is -0.0718. The SMILES string of the molecule is O=C(Cc1ccccc1O)NCCc1ccccc1. The number of hydrogen-bond acceptors (Lipinski definition) is 2. The van der Waals surface area contributed by atoms with Crippen molar-refractivity contribution in [3.63, 3.8) is 0 Å². The fraction of sp³-hybridized carbons (Fsp3) is 0.188. The maximum absolute atomic E-state index is 11.7. The number of carbonyl (C=O) groups is 1. The van der Waals surface area contributed by atoms with Gasteiger partial charge in [0, 0.05) is 12.1 Å². The number of aromatic hydroxyl groups is 1. The van der Waals surface area contributed by atoms with Crippen LogP contribution in [0.4, 0.5) is 0 Å². The Bertz CT molecular complexity index is 537. The smallest absolute Gasteiger partial charge is 0.224 e. The van der Waals surface area contributed by atoms with Crippen LogP contribution in [-0.2, 0) is 17.6 Å². The van der Waals surface area contributed by atoms with Gasteiger partial charge in [0.25, 0.3) is 0 Å². The molecule has 0 bridgehead atoms. The highest BCUT2D eigenvalue weighted by molar-refractivity contribution is 5.79. The number of rotatable bonds is 5. The van der Waals surface area contributed by atoms with Gasteiger partial charge in [-0.1, -0.05) is 48.5 Å². The van der Waals surface area contributed by atoms with Crippen LogP contribution < -0.4 is 5.32 Å². The summed E-state index contributed by atoms with van der Waals surface area (Å²) in [5, 5.41) is 12.4. The highest BCUT2D eigenvalue weighted by Crippen LogP contribution is 2.15. The molecule has 0 unspecified atom stereocenters. The van der Waals surface area contributed by atoms with Crippen LogP contribution in [0, 0.1) is 0 Å². The van der Waals surface area contributed by atoms with Gasteiger partial charge >= 0.3 is 0 Å². The van der Waals surface area contributed by atoms with Crippen molar-refractivity contribution in [2.45, 2.75) is 12.8 Å². The molecule has 1 amide bonds. The second-order valence-electron chi connectivity index (χ2n) is 4.39. The van der Waals surface area contributed by atoms with Gasteiger partial charge in [0.1, 0.15) is 5.75 Å². The fourth-order valence-electron chi connectivity index (χ4n) is 1.89. The first-order valence-corrected chi connectivity index (χ1v) is 6.33. The number of benzene rings is 2. The van der Waals surface area contributed by atoms with Crippen molar-refractivity contribution in [1.29, 1.82) is 0 Å². The predicted octanol–water partition coefficient (Wildman–Crippen LogP) is 2.29. The molecule has 3 heteroatoms. The molecule has 0 heterocycles. The molecule has 98 valence electrons. The first-order valence-electron chi connectivity index (χ1n) is 6.33. The molecule has 0 saturated heterocycles. The van der Waals surface area contributed by atoms with E-state index >= 15 is 0 Å². The molecule has 3 nitrogen and oxygen atoms in total. The largest absolute Gasteiger partial charge is 0.508 e. The van der Waals surface area contributed by atoms with Crippen LogP contribution in [0.3, 0.4) is 0 Å². The molecular weight excluding hydrogens is 238 g/mol. The molecular formula is C16H17NO2. The van der Waals surface area contributed by atoms with E-state index in [1.165, 1.54) is 5.56 Å². The van der Waals surface area contributed by atoms with E-state index in [1.807, 2.05) is 36.4 Å². The minimum absolute atomic E-state index is 0.0718. The molecule has 0 spiro atoms. The lowest BCUT2D eigenvalue weighted by Gasteiger charge is -2.06. The maximum Gasteiger partial charge on any atom is 0.224 e. The summed E-state index contributed by atoms with van der Waals surface area (Å²) >= 11 is 0. The van der Waals surface area contributed by atoms with Crippen LogP contribution in [-0.4, -0.2) is 17.6 Å². The Morgan fingerprint density at radius 1 is 1.00 bits per heavy atom. The normalized spacial score (nSPS) is 10.1. The Kier molecular flexibility index (Phi) is 4.56. The second-order valence-corrected chi connectivity index (χ2v) is 4.39. The lowest BCUT2D eigenvalue weighted by Crippen LogP contribution is -2.27. The molecule has 0 aliphatic carbocycles. The van der Waals surface area contributed by atoms with E-state index < -0.39 is 0 Å². The minimum Gasteiger partial charge on any atom is -0.508 e. The van der Waals surface area contributed by atoms with E-state index in [0.29, 0.717) is 12.1 Å². The summed E-state index contributed by atoms with van der Waals surface area (Å²) in [6.45, 7) is 0.608. The lowest BCUT2D eigenvalue weighted by molar-refractivity contribution is -0.120. The first kappa shape index (κ1) is 13.1. The molecule has 0 saturated carbocycles. The van der Waals surface area contributed by atoms with Crippen LogP contribution in [0.5, 0.6) is 5.75 Å². The Labute approximate surface area is 112 Å². The van der Waals surface area contributed by atoms with E-state index in [0.717, 1.165) is 6.42 Å². The van der Waals surface area contributed by atoms with Gasteiger partial charge in [-0.05, 0) is 18.1 Å². The maximum atomic E-state index is 11.7. The van der Waals surface area contributed by atoms with Gasteiger partial charge in [0.05, 0.1) is 6.42 Å². The number of carbonyl (C=O) groups excluding carboxylic acids is 1. The summed E-state index contributed by atoms with van der Waals surface area (Å²) < 4.78 is 0. The lowest BCUT2D eigenvalue weighted by atomic mass is 10.1. The van der Waals surface area contributed by atoms with Crippen LogP contribution in [0.2, 0.25) is 0 Å². The third kappa shape index (κ3) is 4.14. The van der Waals surface area contributed by atoms with E-state index in [9.17, 15) is 9.90 Å². The van der Waals surface area contributed by atoms with Gasteiger partial charge in [-0.3, -0.25) is 4.79 Å². The molecule has 2 N–H and O–H groups in total. The summed E-state index contributed by atoms with van der Waals surface area (Å²) in [7, 11) is 0. The molecule has 2 aromatic carbocycles. The van der Waals surface area contributed by atoms with Crippen molar-refractivity contribution >= 4 is 5.91 Å². The zero-order chi connectivity index (χ0) is 13.5. The van der Waals surface area contributed by atoms with Crippen molar-refractivity contribution in [2.24, 2.45) is 0 Å². The van der Waals surface area contributed by atoms with Crippen molar-refractivity contribution in [2.75, 3.05) is 6.54 Å². The van der Waals surface area contributed by atoms with Gasteiger partial charge in [-0.15, -0.1) is 0 Å². The molecule has 2 rings (SSSR count). The summed E-state index contributed by atoms with van der Waals surface area (Å²) in [4.78, 5) is 11.7. The number of phenols is 1. The summed E-state index contributed by atoms with van der Waals surface area (Å²) in [5.41, 5.74) is 1.85. The molecule has 0 fully saturated rings. The van der Waals surface area contributed by atoms with Crippen molar-refractivity contribution in [1.82, 2.24) is 5.32 Å². The monoisotopic (exact) mass is 255 g/mol. The molecule has 0 radical (unpaired) electrons. The molecule has 0 aliphatic rings.